The van der Waals surface area contributed by atoms with Gasteiger partial charge in [-0.2, -0.15) is 5.10 Å². The molecular weight excluding hydrogens is 460 g/mol. The van der Waals surface area contributed by atoms with Gasteiger partial charge in [-0.1, -0.05) is 24.6 Å². The summed E-state index contributed by atoms with van der Waals surface area (Å²) in [7, 11) is 0. The molecular formula is C30H34N6O. The SMILES string of the molecule is CCC(C)n1nc(-c2cnc3ccn(Cc4ccccn4)c3c2)cc1C1C2=CC(N3CCOCC3)CC21. The Morgan fingerprint density at radius 1 is 1.11 bits per heavy atom. The highest BCUT2D eigenvalue weighted by Gasteiger charge is 2.52. The lowest BCUT2D eigenvalue weighted by Crippen LogP contribution is -2.42. The third-order valence-corrected chi connectivity index (χ3v) is 8.54. The molecule has 3 aliphatic rings. The molecule has 7 nitrogen and oxygen atoms in total. The summed E-state index contributed by atoms with van der Waals surface area (Å²) < 4.78 is 10.1. The first-order valence-corrected chi connectivity index (χ1v) is 13.7. The zero-order valence-corrected chi connectivity index (χ0v) is 21.6. The minimum Gasteiger partial charge on any atom is -0.379 e. The van der Waals surface area contributed by atoms with Gasteiger partial charge in [0.15, 0.2) is 0 Å². The van der Waals surface area contributed by atoms with E-state index in [1.54, 1.807) is 5.57 Å². The Kier molecular flexibility index (Phi) is 5.70. The van der Waals surface area contributed by atoms with Crippen molar-refractivity contribution in [2.45, 2.75) is 51.2 Å². The van der Waals surface area contributed by atoms with Crippen LogP contribution in [-0.4, -0.2) is 61.6 Å². The summed E-state index contributed by atoms with van der Waals surface area (Å²) in [4.78, 5) is 11.9. The van der Waals surface area contributed by atoms with Gasteiger partial charge in [0.1, 0.15) is 0 Å². The van der Waals surface area contributed by atoms with Crippen LogP contribution in [0.1, 0.15) is 50.0 Å². The van der Waals surface area contributed by atoms with Gasteiger partial charge in [0.25, 0.3) is 0 Å². The van der Waals surface area contributed by atoms with Crippen LogP contribution in [0.4, 0.5) is 0 Å². The largest absolute Gasteiger partial charge is 0.379 e. The van der Waals surface area contributed by atoms with E-state index in [2.05, 4.69) is 69.5 Å². The third-order valence-electron chi connectivity index (χ3n) is 8.54. The van der Waals surface area contributed by atoms with Crippen molar-refractivity contribution in [1.29, 1.82) is 0 Å². The lowest BCUT2D eigenvalue weighted by molar-refractivity contribution is 0.0243. The van der Waals surface area contributed by atoms with Crippen molar-refractivity contribution in [3.05, 3.63) is 78.0 Å². The minimum atomic E-state index is 0.366. The lowest BCUT2D eigenvalue weighted by atomic mass is 10.0. The van der Waals surface area contributed by atoms with Gasteiger partial charge in [0.05, 0.1) is 42.2 Å². The van der Waals surface area contributed by atoms with Gasteiger partial charge in [0, 0.05) is 60.9 Å². The number of fused-ring (bicyclic) bond motifs is 2. The Balaban J connectivity index is 1.19. The summed E-state index contributed by atoms with van der Waals surface area (Å²) in [5.74, 6) is 1.17. The summed E-state index contributed by atoms with van der Waals surface area (Å²) in [6.45, 7) is 9.09. The standard InChI is InChI=1S/C30H34N6O/c1-3-20(2)36-29(30-24-15-23(16-25(24)30)34-10-12-37-13-11-34)17-27(33-36)21-14-28-26(32-18-21)7-9-35(28)19-22-6-4-5-8-31-22/h4-9,14-15,17-18,20,23,25,30H,3,10-13,16,19H2,1-2H3. The second-order valence-corrected chi connectivity index (χ2v) is 10.8. The molecule has 7 heteroatoms. The monoisotopic (exact) mass is 494 g/mol. The Morgan fingerprint density at radius 3 is 2.76 bits per heavy atom. The first-order valence-electron chi connectivity index (χ1n) is 13.7. The van der Waals surface area contributed by atoms with E-state index in [0.717, 1.165) is 67.3 Å². The first-order chi connectivity index (χ1) is 18.2. The van der Waals surface area contributed by atoms with Gasteiger partial charge in [-0.25, -0.2) is 0 Å². The van der Waals surface area contributed by atoms with Gasteiger partial charge in [-0.15, -0.1) is 0 Å². The average molecular weight is 495 g/mol. The molecule has 1 aliphatic heterocycles. The van der Waals surface area contributed by atoms with E-state index in [-0.39, 0.29) is 0 Å². The molecule has 0 amide bonds. The summed E-state index contributed by atoms with van der Waals surface area (Å²) in [5.41, 5.74) is 8.22. The van der Waals surface area contributed by atoms with Gasteiger partial charge >= 0.3 is 0 Å². The Bertz CT molecular complexity index is 1450. The minimum absolute atomic E-state index is 0.366. The van der Waals surface area contributed by atoms with Crippen LogP contribution in [0.25, 0.3) is 22.3 Å². The molecule has 5 heterocycles. The maximum Gasteiger partial charge on any atom is 0.0942 e. The molecule has 0 N–H and O–H groups in total. The number of ether oxygens (including phenoxy) is 1. The second kappa shape index (κ2) is 9.23. The highest BCUT2D eigenvalue weighted by molar-refractivity contribution is 5.81. The van der Waals surface area contributed by atoms with E-state index < -0.39 is 0 Å². The number of hydrogen-bond donors (Lipinski definition) is 0. The quantitative estimate of drug-likeness (QED) is 0.336. The summed E-state index contributed by atoms with van der Waals surface area (Å²) >= 11 is 0. The van der Waals surface area contributed by atoms with Crippen LogP contribution < -0.4 is 0 Å². The molecule has 4 aromatic rings. The fourth-order valence-corrected chi connectivity index (χ4v) is 6.25. The second-order valence-electron chi connectivity index (χ2n) is 10.8. The van der Waals surface area contributed by atoms with E-state index in [1.807, 2.05) is 24.5 Å². The highest BCUT2D eigenvalue weighted by atomic mass is 16.5. The first kappa shape index (κ1) is 22.9. The Morgan fingerprint density at radius 2 is 2.00 bits per heavy atom. The molecule has 0 radical (unpaired) electrons. The van der Waals surface area contributed by atoms with Crippen LogP contribution in [0.2, 0.25) is 0 Å². The zero-order valence-electron chi connectivity index (χ0n) is 21.6. The normalized spacial score (nSPS) is 24.3. The number of rotatable bonds is 7. The van der Waals surface area contributed by atoms with E-state index in [1.165, 1.54) is 12.1 Å². The van der Waals surface area contributed by atoms with E-state index in [4.69, 9.17) is 14.8 Å². The molecule has 4 aromatic heterocycles. The molecule has 7 rings (SSSR count). The fraction of sp³-hybridized carbons (Fsp3) is 0.433. The van der Waals surface area contributed by atoms with Crippen molar-refractivity contribution in [2.75, 3.05) is 26.3 Å². The van der Waals surface area contributed by atoms with Crippen molar-refractivity contribution in [2.24, 2.45) is 5.92 Å². The van der Waals surface area contributed by atoms with Crippen molar-refractivity contribution in [3.8, 4) is 11.3 Å². The van der Waals surface area contributed by atoms with Crippen LogP contribution in [0.5, 0.6) is 0 Å². The van der Waals surface area contributed by atoms with Crippen LogP contribution in [0, 0.1) is 5.92 Å². The molecule has 37 heavy (non-hydrogen) atoms. The molecule has 0 aromatic carbocycles. The van der Waals surface area contributed by atoms with E-state index >= 15 is 0 Å². The Labute approximate surface area is 217 Å². The zero-order chi connectivity index (χ0) is 24.9. The van der Waals surface area contributed by atoms with Gasteiger partial charge in [0.2, 0.25) is 0 Å². The number of pyridine rings is 2. The molecule has 0 spiro atoms. The molecule has 1 saturated carbocycles. The predicted molar refractivity (Wildman–Crippen MR) is 144 cm³/mol. The molecule has 0 bridgehead atoms. The number of hydrogen-bond acceptors (Lipinski definition) is 5. The Hall–Kier alpha value is -3.29. The number of allylic oxidation sites excluding steroid dienone is 1. The van der Waals surface area contributed by atoms with Gasteiger partial charge in [-0.05, 0) is 56.0 Å². The molecule has 1 saturated heterocycles. The van der Waals surface area contributed by atoms with Crippen molar-refractivity contribution in [3.63, 3.8) is 0 Å². The summed E-state index contributed by atoms with van der Waals surface area (Å²) in [6, 6.07) is 13.6. The molecule has 190 valence electrons. The highest BCUT2D eigenvalue weighted by Crippen LogP contribution is 2.60. The molecule has 4 atom stereocenters. The van der Waals surface area contributed by atoms with Crippen molar-refractivity contribution < 1.29 is 4.74 Å². The van der Waals surface area contributed by atoms with Crippen LogP contribution in [0.15, 0.2) is 66.6 Å². The number of aromatic nitrogens is 5. The maximum absolute atomic E-state index is 5.56. The lowest BCUT2D eigenvalue weighted by Gasteiger charge is -2.32. The molecule has 2 fully saturated rings. The van der Waals surface area contributed by atoms with E-state index in [0.29, 0.717) is 23.9 Å². The number of morpholine rings is 1. The summed E-state index contributed by atoms with van der Waals surface area (Å²) in [6.07, 6.45) is 10.8. The van der Waals surface area contributed by atoms with Gasteiger partial charge in [-0.3, -0.25) is 19.5 Å². The third kappa shape index (κ3) is 4.10. The maximum atomic E-state index is 5.56. The predicted octanol–water partition coefficient (Wildman–Crippen LogP) is 5.06. The molecule has 2 aliphatic carbocycles. The van der Waals surface area contributed by atoms with Crippen LogP contribution >= 0.6 is 0 Å². The fourth-order valence-electron chi connectivity index (χ4n) is 6.25. The van der Waals surface area contributed by atoms with Crippen LogP contribution in [0.3, 0.4) is 0 Å². The topological polar surface area (TPSA) is 61.0 Å². The van der Waals surface area contributed by atoms with E-state index in [9.17, 15) is 0 Å². The smallest absolute Gasteiger partial charge is 0.0942 e. The molecule has 4 unspecified atom stereocenters. The number of nitrogens with zero attached hydrogens (tertiary/aromatic N) is 6. The average Bonchev–Trinajstić information content (AvgIpc) is 3.35. The van der Waals surface area contributed by atoms with Crippen LogP contribution in [-0.2, 0) is 11.3 Å². The van der Waals surface area contributed by atoms with Gasteiger partial charge < -0.3 is 9.30 Å². The summed E-state index contributed by atoms with van der Waals surface area (Å²) in [5, 5.41) is 5.15. The van der Waals surface area contributed by atoms with Crippen molar-refractivity contribution >= 4 is 11.0 Å². The van der Waals surface area contributed by atoms with Crippen molar-refractivity contribution in [1.82, 2.24) is 29.2 Å².